The van der Waals surface area contributed by atoms with Crippen LogP contribution in [0.1, 0.15) is 113 Å². The molecule has 1 unspecified atom stereocenters. The van der Waals surface area contributed by atoms with Gasteiger partial charge in [0.1, 0.15) is 23.9 Å². The maximum Gasteiger partial charge on any atom is 0.324 e. The van der Waals surface area contributed by atoms with Crippen LogP contribution < -0.4 is 16.1 Å². The van der Waals surface area contributed by atoms with Crippen molar-refractivity contribution in [2.24, 2.45) is 11.3 Å². The lowest BCUT2D eigenvalue weighted by Crippen LogP contribution is -2.62. The van der Waals surface area contributed by atoms with E-state index in [0.717, 1.165) is 96.2 Å². The average molecular weight is 1020 g/mol. The molecule has 5 atom stereocenters. The molecule has 17 heteroatoms. The highest BCUT2D eigenvalue weighted by Gasteiger charge is 2.41. The fourth-order valence-corrected chi connectivity index (χ4v) is 12.0. The molecule has 5 aliphatic rings. The predicted octanol–water partition coefficient (Wildman–Crippen LogP) is 5.71. The van der Waals surface area contributed by atoms with Crippen molar-refractivity contribution in [3.05, 3.63) is 71.0 Å². The van der Waals surface area contributed by atoms with Crippen LogP contribution >= 0.6 is 0 Å². The number of nitrogens with zero attached hydrogens (tertiary/aromatic N) is 6. The van der Waals surface area contributed by atoms with Crippen LogP contribution in [0.15, 0.2) is 48.7 Å². The summed E-state index contributed by atoms with van der Waals surface area (Å²) < 4.78 is 14.6. The normalized spacial score (nSPS) is 22.7. The van der Waals surface area contributed by atoms with Crippen molar-refractivity contribution in [1.82, 2.24) is 45.3 Å². The van der Waals surface area contributed by atoms with E-state index in [0.29, 0.717) is 43.8 Å². The van der Waals surface area contributed by atoms with Crippen LogP contribution in [0, 0.1) is 11.3 Å². The molecule has 6 bridgehead atoms. The third kappa shape index (κ3) is 11.4. The summed E-state index contributed by atoms with van der Waals surface area (Å²) in [5, 5.41) is 20.0. The van der Waals surface area contributed by atoms with Crippen molar-refractivity contribution < 1.29 is 38.6 Å². The summed E-state index contributed by atoms with van der Waals surface area (Å²) in [6.07, 6.45) is 8.58. The molecule has 2 aromatic carbocycles. The molecule has 17 nitrogen and oxygen atoms in total. The number of nitrogens with one attached hydrogen (secondary N) is 3. The SMILES string of the molecule is CCn1c(-c2cc(C3CCN(C)CC3)cnc2[C@H](C)OC)c2c3cc(ccc31)-c1cc(O)cc(c1)C[C@H](NC(=O)C(C1CCCC1)N(C)C(=O)CN(C)C(=O)[C@H]1CN1)C(=O)N1CCC[C@H](N1)C(=O)OCC(C)(C)C2. The fourth-order valence-electron chi connectivity index (χ4n) is 12.0. The first-order valence-electron chi connectivity index (χ1n) is 26.9. The Morgan fingerprint density at radius 1 is 0.986 bits per heavy atom. The Bertz CT molecular complexity index is 2760. The topological polar surface area (TPSA) is 201 Å². The second-order valence-electron chi connectivity index (χ2n) is 22.5. The molecule has 0 radical (unpaired) electrons. The summed E-state index contributed by atoms with van der Waals surface area (Å²) in [5.41, 5.74) is 11.0. The fraction of sp³-hybridized carbons (Fsp3) is 0.579. The minimum Gasteiger partial charge on any atom is -0.508 e. The number of likely N-dealkylation sites (tertiary alicyclic amines) is 1. The zero-order valence-electron chi connectivity index (χ0n) is 44.7. The van der Waals surface area contributed by atoms with Gasteiger partial charge in [-0.2, -0.15) is 0 Å². The number of fused-ring (bicyclic) bond motifs is 6. The molecule has 74 heavy (non-hydrogen) atoms. The number of aromatic hydroxyl groups is 1. The number of aromatic nitrogens is 2. The zero-order valence-corrected chi connectivity index (χ0v) is 44.7. The van der Waals surface area contributed by atoms with Crippen LogP contribution in [-0.4, -0.2) is 156 Å². The summed E-state index contributed by atoms with van der Waals surface area (Å²) in [6.45, 7) is 11.9. The summed E-state index contributed by atoms with van der Waals surface area (Å²) in [4.78, 5) is 81.0. The summed E-state index contributed by atoms with van der Waals surface area (Å²) in [5.74, 6) is -1.76. The third-order valence-corrected chi connectivity index (χ3v) is 16.4. The summed E-state index contributed by atoms with van der Waals surface area (Å²) >= 11 is 0. The van der Waals surface area contributed by atoms with Gasteiger partial charge < -0.3 is 44.5 Å². The third-order valence-electron chi connectivity index (χ3n) is 16.4. The van der Waals surface area contributed by atoms with Crippen molar-refractivity contribution in [2.45, 2.75) is 135 Å². The van der Waals surface area contributed by atoms with E-state index in [9.17, 15) is 29.1 Å². The highest BCUT2D eigenvalue weighted by molar-refractivity contribution is 5.96. The van der Waals surface area contributed by atoms with Crippen LogP contribution in [0.25, 0.3) is 33.3 Å². The lowest BCUT2D eigenvalue weighted by atomic mass is 9.83. The highest BCUT2D eigenvalue weighted by Crippen LogP contribution is 2.44. The number of aryl methyl sites for hydroxylation is 1. The van der Waals surface area contributed by atoms with Crippen molar-refractivity contribution in [3.8, 4) is 28.1 Å². The van der Waals surface area contributed by atoms with E-state index >= 15 is 0 Å². The van der Waals surface area contributed by atoms with Gasteiger partial charge in [0, 0.05) is 75.3 Å². The molecule has 4 amide bonds. The van der Waals surface area contributed by atoms with Gasteiger partial charge in [0.2, 0.25) is 17.7 Å². The number of hydrazine groups is 1. The summed E-state index contributed by atoms with van der Waals surface area (Å²) in [6, 6.07) is 10.8. The largest absolute Gasteiger partial charge is 0.508 e. The first-order chi connectivity index (χ1) is 35.4. The molecule has 398 valence electrons. The van der Waals surface area contributed by atoms with Crippen LogP contribution in [0.5, 0.6) is 5.75 Å². The molecular weight excluding hydrogens is 939 g/mol. The van der Waals surface area contributed by atoms with Gasteiger partial charge in [0.15, 0.2) is 0 Å². The van der Waals surface area contributed by atoms with Gasteiger partial charge in [-0.05, 0) is 149 Å². The molecule has 3 saturated heterocycles. The average Bonchev–Trinajstić information content (AvgIpc) is 4.02. The zero-order chi connectivity index (χ0) is 52.6. The van der Waals surface area contributed by atoms with E-state index in [4.69, 9.17) is 14.5 Å². The van der Waals surface area contributed by atoms with Gasteiger partial charge in [-0.3, -0.25) is 34.0 Å². The van der Waals surface area contributed by atoms with Gasteiger partial charge in [0.25, 0.3) is 5.91 Å². The number of hydrogen-bond donors (Lipinski definition) is 4. The molecule has 6 heterocycles. The van der Waals surface area contributed by atoms with Gasteiger partial charge in [0.05, 0.1) is 36.7 Å². The number of likely N-dealkylation sites (N-methyl/N-ethyl adjacent to an activating group) is 2. The number of carbonyl (C=O) groups excluding carboxylic acids is 5. The van der Waals surface area contributed by atoms with Crippen LogP contribution in [-0.2, 0) is 52.8 Å². The highest BCUT2D eigenvalue weighted by atomic mass is 16.5. The van der Waals surface area contributed by atoms with E-state index in [-0.39, 0.29) is 61.7 Å². The first-order valence-corrected chi connectivity index (χ1v) is 26.9. The van der Waals surface area contributed by atoms with Gasteiger partial charge in [-0.25, -0.2) is 5.43 Å². The Balaban J connectivity index is 1.13. The second-order valence-corrected chi connectivity index (χ2v) is 22.5. The number of piperidine rings is 1. The van der Waals surface area contributed by atoms with Crippen LogP contribution in [0.3, 0.4) is 0 Å². The number of esters is 1. The smallest absolute Gasteiger partial charge is 0.324 e. The second kappa shape index (κ2) is 22.1. The van der Waals surface area contributed by atoms with Crippen molar-refractivity contribution in [2.75, 3.05) is 67.6 Å². The molecule has 9 rings (SSSR count). The number of carbonyl (C=O) groups is 5. The lowest BCUT2D eigenvalue weighted by Gasteiger charge is -2.37. The van der Waals surface area contributed by atoms with Crippen molar-refractivity contribution in [3.63, 3.8) is 0 Å². The molecule has 4 N–H and O–H groups in total. The van der Waals surface area contributed by atoms with Gasteiger partial charge in [-0.15, -0.1) is 0 Å². The standard InChI is InChI=1S/C57H77N9O8/c1-9-65-48-17-16-38-27-42(48)44(52(65)43-28-40(30-59-50(43)34(2)73-8)36-18-21-62(5)22-19-36)29-57(3,4)33-74-56(72)45-15-12-20-66(61-45)55(71)46(25-35-23-39(38)26-41(67)24-35)60-53(69)51(37-13-10-11-14-37)64(7)49(68)32-63(6)54(70)47-31-58-47/h16-17,23-24,26-28,30,34,36-37,45-47,51,58,61,67H,9-15,18-22,25,29,31-33H2,1-8H3,(H,60,69)/t34-,45-,46-,47+,51?/m0/s1. The number of methoxy groups -OCH3 is 1. The summed E-state index contributed by atoms with van der Waals surface area (Å²) in [7, 11) is 7.07. The molecular formula is C57H77N9O8. The van der Waals surface area contributed by atoms with Crippen molar-refractivity contribution >= 4 is 40.5 Å². The van der Waals surface area contributed by atoms with E-state index in [1.165, 1.54) is 20.4 Å². The lowest BCUT2D eigenvalue weighted by molar-refractivity contribution is -0.155. The predicted molar refractivity (Wildman–Crippen MR) is 283 cm³/mol. The Labute approximate surface area is 435 Å². The number of hydrogen-bond acceptors (Lipinski definition) is 12. The molecule has 4 aliphatic heterocycles. The maximum absolute atomic E-state index is 14.9. The number of rotatable bonds is 12. The molecule has 4 fully saturated rings. The van der Waals surface area contributed by atoms with E-state index in [2.05, 4.69) is 77.6 Å². The maximum atomic E-state index is 14.9. The van der Waals surface area contributed by atoms with Gasteiger partial charge in [-0.1, -0.05) is 38.8 Å². The van der Waals surface area contributed by atoms with Gasteiger partial charge >= 0.3 is 5.97 Å². The molecule has 1 saturated carbocycles. The van der Waals surface area contributed by atoms with E-state index < -0.39 is 41.3 Å². The van der Waals surface area contributed by atoms with Crippen LogP contribution in [0.4, 0.5) is 0 Å². The Morgan fingerprint density at radius 3 is 2.43 bits per heavy atom. The van der Waals surface area contributed by atoms with E-state index in [1.54, 1.807) is 33.3 Å². The number of benzene rings is 2. The quantitative estimate of drug-likeness (QED) is 0.0998. The number of cyclic esters (lactones) is 1. The number of phenols is 1. The minimum absolute atomic E-state index is 0.000764. The Hall–Kier alpha value is -5.88. The number of pyridine rings is 1. The first kappa shape index (κ1) is 53.0. The molecule has 1 aliphatic carbocycles. The Kier molecular flexibility index (Phi) is 15.8. The van der Waals surface area contributed by atoms with Crippen LogP contribution in [0.2, 0.25) is 0 Å². The molecule has 4 aromatic rings. The number of ether oxygens (including phenoxy) is 2. The number of amides is 4. The minimum atomic E-state index is -1.16. The Morgan fingerprint density at radius 2 is 1.73 bits per heavy atom. The molecule has 2 aromatic heterocycles. The van der Waals surface area contributed by atoms with Crippen molar-refractivity contribution in [1.29, 1.82) is 0 Å². The number of phenolic OH excluding ortho intramolecular Hbond substituents is 1. The monoisotopic (exact) mass is 1020 g/mol. The van der Waals surface area contributed by atoms with E-state index in [1.807, 2.05) is 19.2 Å². The molecule has 0 spiro atoms.